The van der Waals surface area contributed by atoms with Crippen molar-refractivity contribution in [2.24, 2.45) is 5.41 Å². The minimum Gasteiger partial charge on any atom is -0.481 e. The molecule has 1 N–H and O–H groups in total. The maximum atomic E-state index is 11.8. The highest BCUT2D eigenvalue weighted by molar-refractivity contribution is 5.81. The quantitative estimate of drug-likeness (QED) is 0.702. The highest BCUT2D eigenvalue weighted by Gasteiger charge is 2.41. The topological polar surface area (TPSA) is 66.8 Å². The summed E-state index contributed by atoms with van der Waals surface area (Å²) in [5.74, 6) is -0.932. The Morgan fingerprint density at radius 1 is 1.39 bits per heavy atom. The van der Waals surface area contributed by atoms with E-state index < -0.39 is 11.4 Å². The first kappa shape index (κ1) is 15.0. The maximum absolute atomic E-state index is 11.8. The van der Waals surface area contributed by atoms with Crippen LogP contribution in [0.5, 0.6) is 0 Å². The SMILES string of the molecule is CCCCCOCC(=O)N1CCC(C)(C(=O)O)C1. The molecule has 0 saturated carbocycles. The van der Waals surface area contributed by atoms with Crippen molar-refractivity contribution >= 4 is 11.9 Å². The van der Waals surface area contributed by atoms with Gasteiger partial charge in [0.15, 0.2) is 0 Å². The summed E-state index contributed by atoms with van der Waals surface area (Å²) in [5.41, 5.74) is -0.794. The van der Waals surface area contributed by atoms with E-state index in [0.29, 0.717) is 26.1 Å². The van der Waals surface area contributed by atoms with Gasteiger partial charge < -0.3 is 14.7 Å². The summed E-state index contributed by atoms with van der Waals surface area (Å²) < 4.78 is 5.30. The number of aliphatic carboxylic acids is 1. The fraction of sp³-hybridized carbons (Fsp3) is 0.846. The Hall–Kier alpha value is -1.10. The number of carboxylic acid groups (broad SMARTS) is 1. The second-order valence-corrected chi connectivity index (χ2v) is 5.19. The van der Waals surface area contributed by atoms with Crippen LogP contribution in [0.4, 0.5) is 0 Å². The minimum absolute atomic E-state index is 0.0689. The fourth-order valence-corrected chi connectivity index (χ4v) is 2.05. The molecule has 1 heterocycles. The zero-order chi connectivity index (χ0) is 13.6. The Labute approximate surface area is 108 Å². The lowest BCUT2D eigenvalue weighted by molar-refractivity contribution is -0.147. The second-order valence-electron chi connectivity index (χ2n) is 5.19. The Kier molecular flexibility index (Phi) is 5.59. The van der Waals surface area contributed by atoms with Crippen LogP contribution in [-0.4, -0.2) is 48.2 Å². The van der Waals surface area contributed by atoms with E-state index >= 15 is 0 Å². The van der Waals surface area contributed by atoms with Gasteiger partial charge in [0.05, 0.1) is 5.41 Å². The number of amides is 1. The number of rotatable bonds is 7. The summed E-state index contributed by atoms with van der Waals surface area (Å²) >= 11 is 0. The van der Waals surface area contributed by atoms with Crippen molar-refractivity contribution in [3.05, 3.63) is 0 Å². The number of hydrogen-bond donors (Lipinski definition) is 1. The molecule has 5 nitrogen and oxygen atoms in total. The predicted molar refractivity (Wildman–Crippen MR) is 67.3 cm³/mol. The molecule has 1 aliphatic heterocycles. The zero-order valence-corrected chi connectivity index (χ0v) is 11.3. The van der Waals surface area contributed by atoms with Crippen molar-refractivity contribution in [3.8, 4) is 0 Å². The van der Waals surface area contributed by atoms with E-state index in [1.165, 1.54) is 0 Å². The standard InChI is InChI=1S/C13H23NO4/c1-3-4-5-8-18-9-11(15)14-7-6-13(2,10-14)12(16)17/h3-10H2,1-2H3,(H,16,17). The molecular formula is C13H23NO4. The first-order valence-electron chi connectivity index (χ1n) is 6.58. The van der Waals surface area contributed by atoms with Crippen LogP contribution in [-0.2, 0) is 14.3 Å². The van der Waals surface area contributed by atoms with E-state index in [1.807, 2.05) is 0 Å². The third kappa shape index (κ3) is 3.98. The van der Waals surface area contributed by atoms with Gasteiger partial charge in [0, 0.05) is 19.7 Å². The third-order valence-corrected chi connectivity index (χ3v) is 3.46. The van der Waals surface area contributed by atoms with Crippen molar-refractivity contribution in [2.45, 2.75) is 39.5 Å². The number of unbranched alkanes of at least 4 members (excludes halogenated alkanes) is 2. The van der Waals surface area contributed by atoms with Gasteiger partial charge in [-0.1, -0.05) is 19.8 Å². The molecule has 1 amide bonds. The number of hydrogen-bond acceptors (Lipinski definition) is 3. The first-order valence-corrected chi connectivity index (χ1v) is 6.58. The van der Waals surface area contributed by atoms with Gasteiger partial charge in [0.2, 0.25) is 5.91 Å². The molecule has 0 aromatic carbocycles. The zero-order valence-electron chi connectivity index (χ0n) is 11.3. The molecule has 1 fully saturated rings. The summed E-state index contributed by atoms with van der Waals surface area (Å²) in [6.45, 7) is 5.27. The molecule has 104 valence electrons. The van der Waals surface area contributed by atoms with E-state index in [9.17, 15) is 9.59 Å². The molecule has 0 bridgehead atoms. The van der Waals surface area contributed by atoms with E-state index in [1.54, 1.807) is 11.8 Å². The summed E-state index contributed by atoms with van der Waals surface area (Å²) in [5, 5.41) is 9.08. The van der Waals surface area contributed by atoms with Crippen molar-refractivity contribution < 1.29 is 19.4 Å². The molecule has 1 atom stereocenters. The monoisotopic (exact) mass is 257 g/mol. The van der Waals surface area contributed by atoms with E-state index in [-0.39, 0.29) is 12.5 Å². The number of likely N-dealkylation sites (tertiary alicyclic amines) is 1. The van der Waals surface area contributed by atoms with Gasteiger partial charge in [0.25, 0.3) is 0 Å². The molecule has 1 saturated heterocycles. The van der Waals surface area contributed by atoms with Crippen molar-refractivity contribution in [1.82, 2.24) is 4.90 Å². The maximum Gasteiger partial charge on any atom is 0.311 e. The average molecular weight is 257 g/mol. The molecule has 0 aromatic heterocycles. The number of ether oxygens (including phenoxy) is 1. The number of carbonyl (C=O) groups excluding carboxylic acids is 1. The molecule has 1 aliphatic rings. The molecule has 0 aliphatic carbocycles. The molecule has 0 aromatic rings. The molecule has 0 spiro atoms. The smallest absolute Gasteiger partial charge is 0.311 e. The molecule has 18 heavy (non-hydrogen) atoms. The van der Waals surface area contributed by atoms with E-state index in [0.717, 1.165) is 19.3 Å². The molecule has 1 rings (SSSR count). The molecule has 1 unspecified atom stereocenters. The summed E-state index contributed by atoms with van der Waals surface area (Å²) in [4.78, 5) is 24.4. The van der Waals surface area contributed by atoms with Crippen LogP contribution in [0.25, 0.3) is 0 Å². The van der Waals surface area contributed by atoms with Crippen LogP contribution in [0.1, 0.15) is 39.5 Å². The van der Waals surface area contributed by atoms with Crippen molar-refractivity contribution in [2.75, 3.05) is 26.3 Å². The molecule has 5 heteroatoms. The lowest BCUT2D eigenvalue weighted by Crippen LogP contribution is -2.36. The Balaban J connectivity index is 2.26. The lowest BCUT2D eigenvalue weighted by Gasteiger charge is -2.20. The predicted octanol–water partition coefficient (Wildman–Crippen LogP) is 1.52. The van der Waals surface area contributed by atoms with Crippen molar-refractivity contribution in [1.29, 1.82) is 0 Å². The summed E-state index contributed by atoms with van der Waals surface area (Å²) in [6.07, 6.45) is 3.72. The van der Waals surface area contributed by atoms with Crippen LogP contribution in [0.15, 0.2) is 0 Å². The van der Waals surface area contributed by atoms with Gasteiger partial charge in [-0.05, 0) is 19.8 Å². The van der Waals surface area contributed by atoms with E-state index in [2.05, 4.69) is 6.92 Å². The van der Waals surface area contributed by atoms with Crippen LogP contribution in [0.3, 0.4) is 0 Å². The van der Waals surface area contributed by atoms with Crippen LogP contribution in [0.2, 0.25) is 0 Å². The van der Waals surface area contributed by atoms with Gasteiger partial charge in [-0.3, -0.25) is 9.59 Å². The largest absolute Gasteiger partial charge is 0.481 e. The van der Waals surface area contributed by atoms with Gasteiger partial charge in [-0.25, -0.2) is 0 Å². The molecular weight excluding hydrogens is 234 g/mol. The van der Waals surface area contributed by atoms with Crippen LogP contribution >= 0.6 is 0 Å². The highest BCUT2D eigenvalue weighted by atomic mass is 16.5. The summed E-state index contributed by atoms with van der Waals surface area (Å²) in [7, 11) is 0. The lowest BCUT2D eigenvalue weighted by atomic mass is 9.90. The fourth-order valence-electron chi connectivity index (χ4n) is 2.05. The van der Waals surface area contributed by atoms with Crippen molar-refractivity contribution in [3.63, 3.8) is 0 Å². The van der Waals surface area contributed by atoms with Gasteiger partial charge in [0.1, 0.15) is 6.61 Å². The second kappa shape index (κ2) is 6.73. The van der Waals surface area contributed by atoms with E-state index in [4.69, 9.17) is 9.84 Å². The first-order chi connectivity index (χ1) is 8.49. The number of carboxylic acids is 1. The van der Waals surface area contributed by atoms with Gasteiger partial charge in [-0.2, -0.15) is 0 Å². The Morgan fingerprint density at radius 3 is 2.67 bits per heavy atom. The Morgan fingerprint density at radius 2 is 2.11 bits per heavy atom. The van der Waals surface area contributed by atoms with Crippen LogP contribution < -0.4 is 0 Å². The Bertz CT molecular complexity index is 305. The average Bonchev–Trinajstić information content (AvgIpc) is 2.73. The third-order valence-electron chi connectivity index (χ3n) is 3.46. The number of carbonyl (C=O) groups is 2. The minimum atomic E-state index is -0.832. The normalized spacial score (nSPS) is 23.3. The highest BCUT2D eigenvalue weighted by Crippen LogP contribution is 2.29. The summed E-state index contributed by atoms with van der Waals surface area (Å²) in [6, 6.07) is 0. The molecule has 0 radical (unpaired) electrons. The van der Waals surface area contributed by atoms with Gasteiger partial charge >= 0.3 is 5.97 Å². The van der Waals surface area contributed by atoms with Gasteiger partial charge in [-0.15, -0.1) is 0 Å². The van der Waals surface area contributed by atoms with Crippen LogP contribution in [0, 0.1) is 5.41 Å². The number of nitrogens with zero attached hydrogens (tertiary/aromatic N) is 1.